The van der Waals surface area contributed by atoms with Crippen molar-refractivity contribution in [3.63, 3.8) is 0 Å². The van der Waals surface area contributed by atoms with Crippen molar-refractivity contribution in [2.75, 3.05) is 6.54 Å². The van der Waals surface area contributed by atoms with Gasteiger partial charge in [0.1, 0.15) is 22.9 Å². The molecule has 0 radical (unpaired) electrons. The molecule has 1 saturated carbocycles. The maximum absolute atomic E-state index is 14.5. The van der Waals surface area contributed by atoms with E-state index in [-0.39, 0.29) is 52.3 Å². The standard InChI is InChI=1S/C34H45F3N6O2/c1-31(2,3)16-15-25(21-7-9-22(10-8-21)29(44)41-20-27(38)39)43-30(45)28(23-11-12-26(40-19-23)34(35,36)37)42-33(43)17-13-24(14-18-33)32(4,5)6/h7-12,19,24-25H,13-18,20H2,1-6H3,(H3,38,39)(H,41,44). The molecule has 1 spiro atoms. The summed E-state index contributed by atoms with van der Waals surface area (Å²) in [5.74, 6) is -0.404. The molecule has 244 valence electrons. The van der Waals surface area contributed by atoms with Crippen LogP contribution in [-0.4, -0.2) is 45.5 Å². The molecule has 1 fully saturated rings. The van der Waals surface area contributed by atoms with Crippen molar-refractivity contribution in [3.05, 3.63) is 65.0 Å². The van der Waals surface area contributed by atoms with Gasteiger partial charge in [-0.25, -0.2) is 0 Å². The number of alkyl halides is 3. The second-order valence-corrected chi connectivity index (χ2v) is 14.6. The summed E-state index contributed by atoms with van der Waals surface area (Å²) in [6.07, 6.45) is 0.907. The van der Waals surface area contributed by atoms with Crippen LogP contribution in [0.15, 0.2) is 47.6 Å². The number of hydrogen-bond donors (Lipinski definition) is 3. The first kappa shape index (κ1) is 34.1. The summed E-state index contributed by atoms with van der Waals surface area (Å²) < 4.78 is 39.8. The monoisotopic (exact) mass is 626 g/mol. The Morgan fingerprint density at radius 1 is 1.07 bits per heavy atom. The number of benzene rings is 1. The van der Waals surface area contributed by atoms with E-state index in [9.17, 15) is 22.8 Å². The number of rotatable bonds is 8. The molecule has 4 N–H and O–H groups in total. The van der Waals surface area contributed by atoms with E-state index in [1.165, 1.54) is 6.07 Å². The van der Waals surface area contributed by atoms with Crippen molar-refractivity contribution < 1.29 is 22.8 Å². The van der Waals surface area contributed by atoms with Gasteiger partial charge >= 0.3 is 6.18 Å². The molecule has 0 saturated heterocycles. The lowest BCUT2D eigenvalue weighted by Gasteiger charge is -2.47. The number of nitrogens with zero attached hydrogens (tertiary/aromatic N) is 3. The number of amides is 2. The third-order valence-electron chi connectivity index (χ3n) is 9.00. The van der Waals surface area contributed by atoms with E-state index in [1.54, 1.807) is 12.1 Å². The molecule has 1 aliphatic heterocycles. The van der Waals surface area contributed by atoms with E-state index in [0.717, 1.165) is 37.1 Å². The third kappa shape index (κ3) is 7.91. The van der Waals surface area contributed by atoms with E-state index in [1.807, 2.05) is 17.0 Å². The van der Waals surface area contributed by atoms with Gasteiger partial charge in [-0.05, 0) is 85.1 Å². The third-order valence-corrected chi connectivity index (χ3v) is 9.00. The highest BCUT2D eigenvalue weighted by molar-refractivity contribution is 6.46. The van der Waals surface area contributed by atoms with Gasteiger partial charge in [-0.2, -0.15) is 13.2 Å². The fraction of sp³-hybridized carbons (Fsp3) is 0.559. The summed E-state index contributed by atoms with van der Waals surface area (Å²) in [7, 11) is 0. The number of aromatic nitrogens is 1. The molecule has 2 aromatic rings. The number of nitrogens with one attached hydrogen (secondary N) is 2. The minimum absolute atomic E-state index is 0.0361. The molecule has 45 heavy (non-hydrogen) atoms. The molecule has 1 atom stereocenters. The van der Waals surface area contributed by atoms with Crippen LogP contribution in [0.5, 0.6) is 0 Å². The first-order valence-corrected chi connectivity index (χ1v) is 15.5. The Balaban J connectivity index is 1.76. The Morgan fingerprint density at radius 3 is 2.18 bits per heavy atom. The summed E-state index contributed by atoms with van der Waals surface area (Å²) >= 11 is 0. The highest BCUT2D eigenvalue weighted by Gasteiger charge is 2.53. The molecule has 1 aromatic heterocycles. The zero-order valence-corrected chi connectivity index (χ0v) is 27.0. The quantitative estimate of drug-likeness (QED) is 0.218. The number of aliphatic imine (C=N–C) groups is 1. The topological polar surface area (TPSA) is 125 Å². The van der Waals surface area contributed by atoms with Crippen LogP contribution >= 0.6 is 0 Å². The van der Waals surface area contributed by atoms with Gasteiger partial charge in [0, 0.05) is 17.3 Å². The summed E-state index contributed by atoms with van der Waals surface area (Å²) in [5, 5.41) is 9.98. The highest BCUT2D eigenvalue weighted by Crippen LogP contribution is 2.50. The van der Waals surface area contributed by atoms with Crippen LogP contribution in [0.1, 0.15) is 113 Å². The largest absolute Gasteiger partial charge is 0.433 e. The SMILES string of the molecule is CC(C)(C)CCC(c1ccc(C(=O)NCC(=N)N)cc1)N1C(=O)C(c2ccc(C(F)(F)F)nc2)=NC12CCC(C(C)(C)C)CC2. The molecule has 2 amide bonds. The second-order valence-electron chi connectivity index (χ2n) is 14.6. The fourth-order valence-corrected chi connectivity index (χ4v) is 6.38. The average Bonchev–Trinajstić information content (AvgIpc) is 3.22. The maximum atomic E-state index is 14.5. The van der Waals surface area contributed by atoms with Gasteiger partial charge in [-0.3, -0.25) is 25.0 Å². The smallest absolute Gasteiger partial charge is 0.386 e. The van der Waals surface area contributed by atoms with Crippen molar-refractivity contribution >= 4 is 23.4 Å². The molecule has 2 aliphatic rings. The van der Waals surface area contributed by atoms with Crippen LogP contribution in [0.4, 0.5) is 13.2 Å². The zero-order valence-electron chi connectivity index (χ0n) is 27.0. The van der Waals surface area contributed by atoms with Crippen molar-refractivity contribution in [2.24, 2.45) is 27.5 Å². The van der Waals surface area contributed by atoms with Crippen molar-refractivity contribution in [1.29, 1.82) is 5.41 Å². The van der Waals surface area contributed by atoms with Gasteiger partial charge in [0.15, 0.2) is 0 Å². The molecule has 11 heteroatoms. The fourth-order valence-electron chi connectivity index (χ4n) is 6.38. The van der Waals surface area contributed by atoms with E-state index in [0.29, 0.717) is 30.7 Å². The predicted octanol–water partition coefficient (Wildman–Crippen LogP) is 6.90. The Morgan fingerprint density at radius 2 is 1.69 bits per heavy atom. The molecule has 1 aliphatic carbocycles. The van der Waals surface area contributed by atoms with Crippen LogP contribution < -0.4 is 11.1 Å². The number of nitrogens with two attached hydrogens (primary N) is 1. The Kier molecular flexibility index (Phi) is 9.52. The Hall–Kier alpha value is -3.76. The van der Waals surface area contributed by atoms with Crippen LogP contribution in [0.25, 0.3) is 0 Å². The number of pyridine rings is 1. The highest BCUT2D eigenvalue weighted by atomic mass is 19.4. The summed E-state index contributed by atoms with van der Waals surface area (Å²) in [6, 6.07) is 8.86. The molecule has 2 heterocycles. The van der Waals surface area contributed by atoms with Crippen LogP contribution in [0.2, 0.25) is 0 Å². The predicted molar refractivity (Wildman–Crippen MR) is 169 cm³/mol. The summed E-state index contributed by atoms with van der Waals surface area (Å²) in [6.45, 7) is 13.0. The molecule has 4 rings (SSSR count). The summed E-state index contributed by atoms with van der Waals surface area (Å²) in [4.78, 5) is 37.6. The first-order valence-electron chi connectivity index (χ1n) is 15.5. The second kappa shape index (κ2) is 12.6. The van der Waals surface area contributed by atoms with E-state index in [4.69, 9.17) is 16.1 Å². The van der Waals surface area contributed by atoms with Gasteiger partial charge in [0.05, 0.1) is 12.6 Å². The number of halogens is 3. The molecular formula is C34H45F3N6O2. The van der Waals surface area contributed by atoms with Crippen LogP contribution in [-0.2, 0) is 11.0 Å². The Bertz CT molecular complexity index is 1430. The van der Waals surface area contributed by atoms with Gasteiger partial charge in [-0.15, -0.1) is 0 Å². The lowest BCUT2D eigenvalue weighted by atomic mass is 9.69. The molecule has 1 aromatic carbocycles. The molecular weight excluding hydrogens is 581 g/mol. The molecule has 1 unspecified atom stereocenters. The van der Waals surface area contributed by atoms with Crippen LogP contribution in [0.3, 0.4) is 0 Å². The van der Waals surface area contributed by atoms with Crippen LogP contribution in [0, 0.1) is 22.2 Å². The number of hydrogen-bond acceptors (Lipinski definition) is 5. The molecule has 0 bridgehead atoms. The van der Waals surface area contributed by atoms with Gasteiger partial charge in [0.25, 0.3) is 11.8 Å². The lowest BCUT2D eigenvalue weighted by Crippen LogP contribution is -2.51. The lowest BCUT2D eigenvalue weighted by molar-refractivity contribution is -0.141. The maximum Gasteiger partial charge on any atom is 0.433 e. The number of amidine groups is 1. The average molecular weight is 627 g/mol. The van der Waals surface area contributed by atoms with Gasteiger partial charge in [0.2, 0.25) is 0 Å². The normalized spacial score (nSPS) is 21.5. The number of carbonyl (C=O) groups excluding carboxylic acids is 2. The summed E-state index contributed by atoms with van der Waals surface area (Å²) in [5.41, 5.74) is 5.19. The van der Waals surface area contributed by atoms with Crippen molar-refractivity contribution in [3.8, 4) is 0 Å². The van der Waals surface area contributed by atoms with Gasteiger partial charge < -0.3 is 16.0 Å². The van der Waals surface area contributed by atoms with E-state index in [2.05, 4.69) is 51.8 Å². The van der Waals surface area contributed by atoms with Crippen molar-refractivity contribution in [1.82, 2.24) is 15.2 Å². The minimum Gasteiger partial charge on any atom is -0.386 e. The van der Waals surface area contributed by atoms with E-state index >= 15 is 0 Å². The minimum atomic E-state index is -4.59. The zero-order chi connectivity index (χ0) is 33.4. The van der Waals surface area contributed by atoms with E-state index < -0.39 is 17.5 Å². The van der Waals surface area contributed by atoms with Crippen molar-refractivity contribution in [2.45, 2.75) is 97.9 Å². The first-order chi connectivity index (χ1) is 20.8. The number of carbonyl (C=O) groups is 2. The Labute approximate surface area is 263 Å². The van der Waals surface area contributed by atoms with Gasteiger partial charge in [-0.1, -0.05) is 53.7 Å². The molecule has 8 nitrogen and oxygen atoms in total.